The Morgan fingerprint density at radius 3 is 2.67 bits per heavy atom. The molecule has 0 bridgehead atoms. The number of aryl methyl sites for hydroxylation is 2. The van der Waals surface area contributed by atoms with Gasteiger partial charge in [0.1, 0.15) is 17.6 Å². The monoisotopic (exact) mass is 287 g/mol. The van der Waals surface area contributed by atoms with E-state index in [1.54, 1.807) is 12.1 Å². The van der Waals surface area contributed by atoms with Gasteiger partial charge >= 0.3 is 0 Å². The molecule has 112 valence electrons. The number of benzene rings is 1. The van der Waals surface area contributed by atoms with Gasteiger partial charge in [0.15, 0.2) is 0 Å². The van der Waals surface area contributed by atoms with E-state index in [0.717, 1.165) is 18.6 Å². The topological polar surface area (TPSA) is 62.5 Å². The summed E-state index contributed by atoms with van der Waals surface area (Å²) in [4.78, 5) is 11.7. The molecule has 1 atom stereocenters. The number of amides is 1. The van der Waals surface area contributed by atoms with Gasteiger partial charge in [-0.3, -0.25) is 4.79 Å². The van der Waals surface area contributed by atoms with Crippen LogP contribution in [0.3, 0.4) is 0 Å². The Kier molecular flexibility index (Phi) is 5.58. The number of aliphatic hydroxyl groups excluding tert-OH is 1. The third kappa shape index (κ3) is 5.08. The van der Waals surface area contributed by atoms with Crippen molar-refractivity contribution in [2.45, 2.75) is 32.3 Å². The molecule has 0 saturated carbocycles. The fourth-order valence-electron chi connectivity index (χ4n) is 2.13. The largest absolute Gasteiger partial charge is 0.464 e. The number of rotatable bonds is 7. The molecule has 0 aliphatic heterocycles. The fourth-order valence-corrected chi connectivity index (χ4v) is 2.13. The number of hydrogen-bond donors (Lipinski definition) is 2. The van der Waals surface area contributed by atoms with Crippen LogP contribution in [0.25, 0.3) is 0 Å². The molecule has 0 spiro atoms. The maximum atomic E-state index is 11.7. The van der Waals surface area contributed by atoms with E-state index in [0.29, 0.717) is 12.2 Å². The highest BCUT2D eigenvalue weighted by Crippen LogP contribution is 2.15. The van der Waals surface area contributed by atoms with E-state index in [-0.39, 0.29) is 12.5 Å². The van der Waals surface area contributed by atoms with Gasteiger partial charge in [-0.15, -0.1) is 0 Å². The minimum Gasteiger partial charge on any atom is -0.464 e. The summed E-state index contributed by atoms with van der Waals surface area (Å²) in [5.41, 5.74) is 1.23. The van der Waals surface area contributed by atoms with Crippen molar-refractivity contribution in [2.24, 2.45) is 0 Å². The summed E-state index contributed by atoms with van der Waals surface area (Å²) >= 11 is 0. The third-order valence-corrected chi connectivity index (χ3v) is 3.29. The van der Waals surface area contributed by atoms with Crippen LogP contribution in [-0.4, -0.2) is 17.6 Å². The molecule has 1 aromatic carbocycles. The summed E-state index contributed by atoms with van der Waals surface area (Å²) in [6.07, 6.45) is 1.34. The zero-order chi connectivity index (χ0) is 15.1. The van der Waals surface area contributed by atoms with Crippen molar-refractivity contribution >= 4 is 5.91 Å². The van der Waals surface area contributed by atoms with Crippen LogP contribution in [0.1, 0.15) is 36.0 Å². The van der Waals surface area contributed by atoms with Crippen molar-refractivity contribution in [1.29, 1.82) is 0 Å². The lowest BCUT2D eigenvalue weighted by atomic mass is 10.1. The highest BCUT2D eigenvalue weighted by atomic mass is 16.4. The van der Waals surface area contributed by atoms with E-state index < -0.39 is 6.10 Å². The lowest BCUT2D eigenvalue weighted by Crippen LogP contribution is -2.28. The van der Waals surface area contributed by atoms with Crippen molar-refractivity contribution < 1.29 is 14.3 Å². The van der Waals surface area contributed by atoms with Crippen LogP contribution in [-0.2, 0) is 11.2 Å². The molecule has 4 nitrogen and oxygen atoms in total. The molecule has 0 unspecified atom stereocenters. The van der Waals surface area contributed by atoms with E-state index in [2.05, 4.69) is 17.4 Å². The minimum absolute atomic E-state index is 0.0479. The van der Waals surface area contributed by atoms with E-state index >= 15 is 0 Å². The maximum absolute atomic E-state index is 11.7. The zero-order valence-electron chi connectivity index (χ0n) is 12.2. The molecular formula is C17H21NO3. The number of hydrogen-bond acceptors (Lipinski definition) is 3. The third-order valence-electron chi connectivity index (χ3n) is 3.29. The van der Waals surface area contributed by atoms with E-state index in [1.165, 1.54) is 5.56 Å². The van der Waals surface area contributed by atoms with Gasteiger partial charge in [-0.2, -0.15) is 0 Å². The van der Waals surface area contributed by atoms with E-state index in [1.807, 2.05) is 25.1 Å². The van der Waals surface area contributed by atoms with Gasteiger partial charge in [0, 0.05) is 6.42 Å². The zero-order valence-corrected chi connectivity index (χ0v) is 12.2. The lowest BCUT2D eigenvalue weighted by molar-refractivity contribution is -0.121. The first kappa shape index (κ1) is 15.3. The van der Waals surface area contributed by atoms with Gasteiger partial charge in [-0.25, -0.2) is 0 Å². The second kappa shape index (κ2) is 7.64. The Bertz CT molecular complexity index is 562. The predicted octanol–water partition coefficient (Wildman–Crippen LogP) is 2.76. The van der Waals surface area contributed by atoms with Crippen molar-refractivity contribution in [1.82, 2.24) is 5.32 Å². The number of carbonyl (C=O) groups is 1. The molecule has 0 aliphatic carbocycles. The first-order chi connectivity index (χ1) is 10.1. The Hall–Kier alpha value is -2.07. The molecule has 1 heterocycles. The predicted molar refractivity (Wildman–Crippen MR) is 80.8 cm³/mol. The van der Waals surface area contributed by atoms with Crippen LogP contribution in [0.2, 0.25) is 0 Å². The van der Waals surface area contributed by atoms with Crippen molar-refractivity contribution in [3.05, 3.63) is 59.5 Å². The molecule has 2 aromatic rings. The summed E-state index contributed by atoms with van der Waals surface area (Å²) in [7, 11) is 0. The molecule has 2 rings (SSSR count). The number of carbonyl (C=O) groups excluding carboxylic acids is 1. The fraction of sp³-hybridized carbons (Fsp3) is 0.353. The van der Waals surface area contributed by atoms with Crippen molar-refractivity contribution in [3.8, 4) is 0 Å². The van der Waals surface area contributed by atoms with Gasteiger partial charge in [0.05, 0.1) is 6.54 Å². The molecule has 2 N–H and O–H groups in total. The second-order valence-corrected chi connectivity index (χ2v) is 5.11. The van der Waals surface area contributed by atoms with Crippen LogP contribution in [0.15, 0.2) is 46.9 Å². The normalized spacial score (nSPS) is 12.1. The van der Waals surface area contributed by atoms with Gasteiger partial charge < -0.3 is 14.8 Å². The SMILES string of the molecule is Cc1ccc([C@H](O)CNC(=O)CCCc2ccccc2)o1. The molecule has 0 saturated heterocycles. The summed E-state index contributed by atoms with van der Waals surface area (Å²) in [5, 5.41) is 12.6. The van der Waals surface area contributed by atoms with Gasteiger partial charge in [0.2, 0.25) is 5.91 Å². The quantitative estimate of drug-likeness (QED) is 0.823. The second-order valence-electron chi connectivity index (χ2n) is 5.11. The highest BCUT2D eigenvalue weighted by molar-refractivity contribution is 5.75. The molecular weight excluding hydrogens is 266 g/mol. The van der Waals surface area contributed by atoms with Crippen molar-refractivity contribution in [2.75, 3.05) is 6.54 Å². The Balaban J connectivity index is 1.65. The number of aliphatic hydroxyl groups is 1. The summed E-state index contributed by atoms with van der Waals surface area (Å²) < 4.78 is 5.32. The Morgan fingerprint density at radius 2 is 2.00 bits per heavy atom. The van der Waals surface area contributed by atoms with Crippen LogP contribution in [0, 0.1) is 6.92 Å². The van der Waals surface area contributed by atoms with E-state index in [4.69, 9.17) is 4.42 Å². The molecule has 4 heteroatoms. The van der Waals surface area contributed by atoms with Crippen molar-refractivity contribution in [3.63, 3.8) is 0 Å². The Morgan fingerprint density at radius 1 is 1.24 bits per heavy atom. The highest BCUT2D eigenvalue weighted by Gasteiger charge is 2.12. The maximum Gasteiger partial charge on any atom is 0.220 e. The Labute approximate surface area is 124 Å². The first-order valence-corrected chi connectivity index (χ1v) is 7.20. The van der Waals surface area contributed by atoms with Crippen LogP contribution < -0.4 is 5.32 Å². The summed E-state index contributed by atoms with van der Waals surface area (Å²) in [6.45, 7) is 2.00. The van der Waals surface area contributed by atoms with Crippen LogP contribution in [0.4, 0.5) is 0 Å². The molecule has 0 aliphatic rings. The molecule has 0 radical (unpaired) electrons. The van der Waals surface area contributed by atoms with Gasteiger partial charge in [0.25, 0.3) is 0 Å². The van der Waals surface area contributed by atoms with Crippen LogP contribution in [0.5, 0.6) is 0 Å². The average Bonchev–Trinajstić information content (AvgIpc) is 2.92. The number of nitrogens with one attached hydrogen (secondary N) is 1. The minimum atomic E-state index is -0.795. The standard InChI is InChI=1S/C17H21NO3/c1-13-10-11-16(21-13)15(19)12-18-17(20)9-5-8-14-6-3-2-4-7-14/h2-4,6-7,10-11,15,19H,5,8-9,12H2,1H3,(H,18,20)/t15-/m1/s1. The van der Waals surface area contributed by atoms with Gasteiger partial charge in [-0.05, 0) is 37.5 Å². The van der Waals surface area contributed by atoms with E-state index in [9.17, 15) is 9.90 Å². The molecule has 1 aromatic heterocycles. The summed E-state index contributed by atoms with van der Waals surface area (Å²) in [5.74, 6) is 1.18. The molecule has 1 amide bonds. The van der Waals surface area contributed by atoms with Gasteiger partial charge in [-0.1, -0.05) is 30.3 Å². The molecule has 0 fully saturated rings. The lowest BCUT2D eigenvalue weighted by Gasteiger charge is -2.09. The number of furan rings is 1. The first-order valence-electron chi connectivity index (χ1n) is 7.20. The van der Waals surface area contributed by atoms with Crippen LogP contribution >= 0.6 is 0 Å². The smallest absolute Gasteiger partial charge is 0.220 e. The molecule has 21 heavy (non-hydrogen) atoms. The summed E-state index contributed by atoms with van der Waals surface area (Å²) in [6, 6.07) is 13.6. The average molecular weight is 287 g/mol.